The van der Waals surface area contributed by atoms with E-state index in [0.717, 1.165) is 21.0 Å². The number of nitrogens with one attached hydrogen (secondary N) is 1. The molecule has 0 aromatic heterocycles. The Balaban J connectivity index is 1.98. The fourth-order valence-electron chi connectivity index (χ4n) is 3.55. The van der Waals surface area contributed by atoms with Gasteiger partial charge in [-0.3, -0.25) is 9.10 Å². The molecule has 0 saturated heterocycles. The molecule has 0 bridgehead atoms. The van der Waals surface area contributed by atoms with Crippen LogP contribution in [0.5, 0.6) is 0 Å². The lowest BCUT2D eigenvalue weighted by Gasteiger charge is -2.25. The molecule has 178 valence electrons. The molecule has 3 rings (SSSR count). The van der Waals surface area contributed by atoms with E-state index in [4.69, 9.17) is 4.74 Å². The van der Waals surface area contributed by atoms with Crippen LogP contribution < -0.4 is 9.62 Å². The van der Waals surface area contributed by atoms with Crippen LogP contribution in [0.1, 0.15) is 34.0 Å². The number of benzene rings is 3. The van der Waals surface area contributed by atoms with Gasteiger partial charge in [0, 0.05) is 0 Å². The Morgan fingerprint density at radius 1 is 0.882 bits per heavy atom. The predicted octanol–water partition coefficient (Wildman–Crippen LogP) is 4.62. The summed E-state index contributed by atoms with van der Waals surface area (Å²) in [6.45, 7) is 7.00. The van der Waals surface area contributed by atoms with E-state index in [9.17, 15) is 18.0 Å². The molecule has 0 radical (unpaired) electrons. The first kappa shape index (κ1) is 25.0. The van der Waals surface area contributed by atoms with Crippen LogP contribution >= 0.6 is 0 Å². The molecule has 0 heterocycles. The normalized spacial score (nSPS) is 11.1. The zero-order chi connectivity index (χ0) is 24.9. The zero-order valence-electron chi connectivity index (χ0n) is 19.7. The fourth-order valence-corrected chi connectivity index (χ4v) is 4.95. The first-order chi connectivity index (χ1) is 16.1. The molecule has 0 saturated carbocycles. The molecule has 0 aliphatic carbocycles. The first-order valence-corrected chi connectivity index (χ1v) is 12.3. The van der Waals surface area contributed by atoms with Gasteiger partial charge in [0.1, 0.15) is 6.54 Å². The molecule has 0 atom stereocenters. The zero-order valence-corrected chi connectivity index (χ0v) is 20.5. The third-order valence-corrected chi connectivity index (χ3v) is 6.88. The van der Waals surface area contributed by atoms with Crippen molar-refractivity contribution in [3.05, 3.63) is 89.0 Å². The molecule has 0 spiro atoms. The van der Waals surface area contributed by atoms with Gasteiger partial charge in [0.2, 0.25) is 5.91 Å². The number of anilines is 2. The van der Waals surface area contributed by atoms with Crippen LogP contribution in [0, 0.1) is 20.8 Å². The maximum absolute atomic E-state index is 13.6. The predicted molar refractivity (Wildman–Crippen MR) is 133 cm³/mol. The highest BCUT2D eigenvalue weighted by atomic mass is 32.2. The number of carbonyl (C=O) groups is 2. The third kappa shape index (κ3) is 5.82. The van der Waals surface area contributed by atoms with Crippen molar-refractivity contribution in [1.82, 2.24) is 0 Å². The molecule has 3 aromatic rings. The first-order valence-electron chi connectivity index (χ1n) is 10.9. The fraction of sp³-hybridized carbons (Fsp3) is 0.231. The topological polar surface area (TPSA) is 92.8 Å². The van der Waals surface area contributed by atoms with E-state index in [0.29, 0.717) is 5.69 Å². The van der Waals surface area contributed by atoms with Gasteiger partial charge in [-0.2, -0.15) is 0 Å². The van der Waals surface area contributed by atoms with Crippen molar-refractivity contribution in [1.29, 1.82) is 0 Å². The lowest BCUT2D eigenvalue weighted by molar-refractivity contribution is -0.114. The number of amides is 1. The highest BCUT2D eigenvalue weighted by Crippen LogP contribution is 2.26. The van der Waals surface area contributed by atoms with Gasteiger partial charge in [0.05, 0.1) is 28.4 Å². The van der Waals surface area contributed by atoms with Crippen LogP contribution in [0.4, 0.5) is 11.4 Å². The molecule has 0 aliphatic heterocycles. The Kier molecular flexibility index (Phi) is 7.73. The summed E-state index contributed by atoms with van der Waals surface area (Å²) in [6.07, 6.45) is 0. The third-order valence-electron chi connectivity index (χ3n) is 5.09. The van der Waals surface area contributed by atoms with Crippen LogP contribution in [-0.2, 0) is 19.6 Å². The second-order valence-electron chi connectivity index (χ2n) is 7.98. The van der Waals surface area contributed by atoms with Crippen LogP contribution in [0.3, 0.4) is 0 Å². The number of hydrogen-bond donors (Lipinski definition) is 1. The number of esters is 1. The minimum atomic E-state index is -4.05. The Morgan fingerprint density at radius 3 is 2.12 bits per heavy atom. The number of rotatable bonds is 8. The quantitative estimate of drug-likeness (QED) is 0.475. The Labute approximate surface area is 200 Å². The Bertz CT molecular complexity index is 1280. The van der Waals surface area contributed by atoms with Crippen molar-refractivity contribution in [2.75, 3.05) is 22.8 Å². The van der Waals surface area contributed by atoms with Gasteiger partial charge in [0.15, 0.2) is 0 Å². The number of nitrogens with zero attached hydrogens (tertiary/aromatic N) is 1. The monoisotopic (exact) mass is 480 g/mol. The minimum Gasteiger partial charge on any atom is -0.462 e. The summed E-state index contributed by atoms with van der Waals surface area (Å²) in [5.41, 5.74) is 3.48. The SMILES string of the molecule is CCOC(=O)c1ccccc1NC(=O)CN(c1cc(C)cc(C)c1)S(=O)(=O)c1ccc(C)cc1. The van der Waals surface area contributed by atoms with E-state index in [1.165, 1.54) is 12.1 Å². The molecule has 8 heteroatoms. The van der Waals surface area contributed by atoms with Crippen molar-refractivity contribution < 1.29 is 22.7 Å². The molecule has 0 fully saturated rings. The average Bonchev–Trinajstić information content (AvgIpc) is 2.77. The highest BCUT2D eigenvalue weighted by Gasteiger charge is 2.28. The summed E-state index contributed by atoms with van der Waals surface area (Å²) in [5.74, 6) is -1.16. The number of ether oxygens (including phenoxy) is 1. The van der Waals surface area contributed by atoms with E-state index < -0.39 is 28.4 Å². The average molecular weight is 481 g/mol. The van der Waals surface area contributed by atoms with Crippen LogP contribution in [0.15, 0.2) is 71.6 Å². The Morgan fingerprint density at radius 2 is 1.50 bits per heavy atom. The van der Waals surface area contributed by atoms with E-state index in [2.05, 4.69) is 5.32 Å². The van der Waals surface area contributed by atoms with Gasteiger partial charge in [-0.15, -0.1) is 0 Å². The molecule has 0 aliphatic rings. The lowest BCUT2D eigenvalue weighted by Crippen LogP contribution is -2.38. The van der Waals surface area contributed by atoms with E-state index in [1.54, 1.807) is 55.5 Å². The van der Waals surface area contributed by atoms with Gasteiger partial charge in [0.25, 0.3) is 10.0 Å². The van der Waals surface area contributed by atoms with Crippen molar-refractivity contribution in [2.45, 2.75) is 32.6 Å². The van der Waals surface area contributed by atoms with Crippen LogP contribution in [-0.4, -0.2) is 33.4 Å². The number of para-hydroxylation sites is 1. The van der Waals surface area contributed by atoms with E-state index in [1.807, 2.05) is 26.8 Å². The molecule has 0 unspecified atom stereocenters. The largest absolute Gasteiger partial charge is 0.462 e. The number of carbonyl (C=O) groups excluding carboxylic acids is 2. The van der Waals surface area contributed by atoms with Crippen LogP contribution in [0.2, 0.25) is 0 Å². The van der Waals surface area contributed by atoms with E-state index >= 15 is 0 Å². The van der Waals surface area contributed by atoms with Gasteiger partial charge in [-0.25, -0.2) is 13.2 Å². The Hall–Kier alpha value is -3.65. The summed E-state index contributed by atoms with van der Waals surface area (Å²) >= 11 is 0. The second-order valence-corrected chi connectivity index (χ2v) is 9.85. The molecule has 1 N–H and O–H groups in total. The lowest BCUT2D eigenvalue weighted by atomic mass is 10.1. The summed E-state index contributed by atoms with van der Waals surface area (Å²) in [4.78, 5) is 25.4. The standard InChI is InChI=1S/C26H28N2O5S/c1-5-33-26(30)23-8-6-7-9-24(23)27-25(29)17-28(21-15-19(3)14-20(4)16-21)34(31,32)22-12-10-18(2)11-13-22/h6-16H,5,17H2,1-4H3,(H,27,29). The van der Waals surface area contributed by atoms with Crippen LogP contribution in [0.25, 0.3) is 0 Å². The summed E-state index contributed by atoms with van der Waals surface area (Å²) in [5, 5.41) is 2.67. The van der Waals surface area contributed by atoms with Gasteiger partial charge >= 0.3 is 5.97 Å². The summed E-state index contributed by atoms with van der Waals surface area (Å²) in [7, 11) is -4.05. The van der Waals surface area contributed by atoms with Gasteiger partial charge in [-0.1, -0.05) is 35.9 Å². The number of sulfonamides is 1. The van der Waals surface area contributed by atoms with Crippen molar-refractivity contribution in [3.8, 4) is 0 Å². The van der Waals surface area contributed by atoms with Gasteiger partial charge < -0.3 is 10.1 Å². The minimum absolute atomic E-state index is 0.0805. The maximum atomic E-state index is 13.6. The maximum Gasteiger partial charge on any atom is 0.340 e. The van der Waals surface area contributed by atoms with Crippen molar-refractivity contribution >= 4 is 33.3 Å². The van der Waals surface area contributed by atoms with E-state index in [-0.39, 0.29) is 22.8 Å². The molecular formula is C26H28N2O5S. The summed E-state index contributed by atoms with van der Waals surface area (Å²) in [6, 6.07) is 18.3. The summed E-state index contributed by atoms with van der Waals surface area (Å²) < 4.78 is 33.3. The van der Waals surface area contributed by atoms with Crippen molar-refractivity contribution in [2.24, 2.45) is 0 Å². The molecule has 7 nitrogen and oxygen atoms in total. The number of hydrogen-bond acceptors (Lipinski definition) is 5. The highest BCUT2D eigenvalue weighted by molar-refractivity contribution is 7.92. The smallest absolute Gasteiger partial charge is 0.340 e. The second kappa shape index (κ2) is 10.5. The molecule has 3 aromatic carbocycles. The molecular weight excluding hydrogens is 452 g/mol. The number of aryl methyl sites for hydroxylation is 3. The molecule has 34 heavy (non-hydrogen) atoms. The van der Waals surface area contributed by atoms with Crippen molar-refractivity contribution in [3.63, 3.8) is 0 Å². The van der Waals surface area contributed by atoms with Gasteiger partial charge in [-0.05, 0) is 75.2 Å². The molecule has 1 amide bonds.